The SMILES string of the molecule is CCOCCN(CCOCC)Cc1nn(CCN2CCN(c3cccc(Cl)c3C)CC2)c2cc(OC)c(OC)cc12.Cl.Cl. The minimum Gasteiger partial charge on any atom is -0.493 e. The number of halogens is 3. The van der Waals surface area contributed by atoms with Gasteiger partial charge in [-0.25, -0.2) is 0 Å². The fourth-order valence-corrected chi connectivity index (χ4v) is 5.57. The molecule has 1 saturated heterocycles. The Morgan fingerprint density at radius 2 is 1.51 bits per heavy atom. The molecule has 0 atom stereocenters. The molecule has 0 aliphatic carbocycles. The molecular weight excluding hydrogens is 613 g/mol. The number of ether oxygens (including phenoxy) is 4. The van der Waals surface area contributed by atoms with Crippen LogP contribution in [0.3, 0.4) is 0 Å². The Labute approximate surface area is 274 Å². The number of fused-ring (bicyclic) bond motifs is 1. The van der Waals surface area contributed by atoms with Crippen molar-refractivity contribution in [3.63, 3.8) is 0 Å². The number of methoxy groups -OCH3 is 2. The number of piperazine rings is 1. The molecule has 242 valence electrons. The minimum atomic E-state index is 0. The van der Waals surface area contributed by atoms with Gasteiger partial charge < -0.3 is 23.8 Å². The maximum absolute atomic E-state index is 6.39. The van der Waals surface area contributed by atoms with Crippen LogP contribution in [-0.4, -0.2) is 106 Å². The third kappa shape index (κ3) is 9.75. The second-order valence-electron chi connectivity index (χ2n) is 10.3. The van der Waals surface area contributed by atoms with Gasteiger partial charge >= 0.3 is 0 Å². The van der Waals surface area contributed by atoms with Crippen LogP contribution < -0.4 is 14.4 Å². The highest BCUT2D eigenvalue weighted by molar-refractivity contribution is 6.31. The van der Waals surface area contributed by atoms with Crippen LogP contribution in [0, 0.1) is 6.92 Å². The number of benzene rings is 2. The molecule has 1 aliphatic rings. The molecule has 2 aromatic carbocycles. The van der Waals surface area contributed by atoms with Crippen LogP contribution >= 0.6 is 36.4 Å². The molecule has 0 amide bonds. The van der Waals surface area contributed by atoms with E-state index >= 15 is 0 Å². The molecule has 0 bridgehead atoms. The van der Waals surface area contributed by atoms with Crippen molar-refractivity contribution in [2.75, 3.05) is 91.4 Å². The average Bonchev–Trinajstić information content (AvgIpc) is 3.32. The Morgan fingerprint density at radius 3 is 2.12 bits per heavy atom. The average molecular weight is 661 g/mol. The molecule has 12 heteroatoms. The van der Waals surface area contributed by atoms with Crippen LogP contribution in [0.2, 0.25) is 5.02 Å². The zero-order valence-corrected chi connectivity index (χ0v) is 28.5. The fraction of sp³-hybridized carbons (Fsp3) is 0.581. The van der Waals surface area contributed by atoms with Crippen molar-refractivity contribution in [2.24, 2.45) is 0 Å². The van der Waals surface area contributed by atoms with Gasteiger partial charge in [-0.3, -0.25) is 14.5 Å². The number of hydrogen-bond acceptors (Lipinski definition) is 8. The molecule has 2 heterocycles. The van der Waals surface area contributed by atoms with Crippen LogP contribution in [0.5, 0.6) is 11.5 Å². The predicted octanol–water partition coefficient (Wildman–Crippen LogP) is 5.56. The van der Waals surface area contributed by atoms with Gasteiger partial charge in [-0.05, 0) is 44.5 Å². The van der Waals surface area contributed by atoms with Gasteiger partial charge in [0.25, 0.3) is 0 Å². The van der Waals surface area contributed by atoms with Gasteiger partial charge in [0.15, 0.2) is 11.5 Å². The summed E-state index contributed by atoms with van der Waals surface area (Å²) in [5, 5.41) is 7.05. The summed E-state index contributed by atoms with van der Waals surface area (Å²) in [5.41, 5.74) is 4.47. The molecule has 1 aliphatic heterocycles. The first-order chi connectivity index (χ1) is 20.0. The number of aromatic nitrogens is 2. The van der Waals surface area contributed by atoms with E-state index in [0.29, 0.717) is 44.5 Å². The van der Waals surface area contributed by atoms with Crippen molar-refractivity contribution in [3.8, 4) is 11.5 Å². The van der Waals surface area contributed by atoms with Crippen molar-refractivity contribution in [3.05, 3.63) is 46.6 Å². The maximum atomic E-state index is 6.39. The lowest BCUT2D eigenvalue weighted by molar-refractivity contribution is 0.0793. The second-order valence-corrected chi connectivity index (χ2v) is 10.7. The first-order valence-electron chi connectivity index (χ1n) is 14.7. The molecule has 1 fully saturated rings. The van der Waals surface area contributed by atoms with Gasteiger partial charge in [0, 0.05) is 87.7 Å². The third-order valence-electron chi connectivity index (χ3n) is 7.80. The summed E-state index contributed by atoms with van der Waals surface area (Å²) in [6.07, 6.45) is 0. The zero-order valence-electron chi connectivity index (χ0n) is 26.1. The van der Waals surface area contributed by atoms with Crippen LogP contribution in [0.25, 0.3) is 10.9 Å². The van der Waals surface area contributed by atoms with E-state index in [1.54, 1.807) is 14.2 Å². The Morgan fingerprint density at radius 1 is 0.884 bits per heavy atom. The van der Waals surface area contributed by atoms with Crippen LogP contribution in [-0.2, 0) is 22.6 Å². The summed E-state index contributed by atoms with van der Waals surface area (Å²) < 4.78 is 24.8. The Bertz CT molecular complexity index is 1240. The lowest BCUT2D eigenvalue weighted by Gasteiger charge is -2.37. The van der Waals surface area contributed by atoms with E-state index in [4.69, 9.17) is 35.6 Å². The molecule has 43 heavy (non-hydrogen) atoms. The highest BCUT2D eigenvalue weighted by Crippen LogP contribution is 2.34. The zero-order chi connectivity index (χ0) is 29.2. The molecular formula is C31H48Cl3N5O4. The molecule has 0 N–H and O–H groups in total. The van der Waals surface area contributed by atoms with E-state index in [9.17, 15) is 0 Å². The van der Waals surface area contributed by atoms with Crippen molar-refractivity contribution in [1.82, 2.24) is 19.6 Å². The van der Waals surface area contributed by atoms with Gasteiger partial charge in [-0.2, -0.15) is 5.10 Å². The first-order valence-corrected chi connectivity index (χ1v) is 15.1. The standard InChI is InChI=1S/C31H46ClN5O4.2ClH/c1-6-40-19-17-35(18-20-41-7-2)23-27-25-21-30(38-4)31(39-5)22-29(25)37(33-27)16-13-34-11-14-36(15-12-34)28-10-8-9-26(32)24(28)3;;/h8-10,21-22H,6-7,11-20,23H2,1-5H3;2*1H. The van der Waals surface area contributed by atoms with Crippen molar-refractivity contribution < 1.29 is 18.9 Å². The summed E-state index contributed by atoms with van der Waals surface area (Å²) in [5.74, 6) is 1.42. The molecule has 1 aromatic heterocycles. The van der Waals surface area contributed by atoms with E-state index in [0.717, 1.165) is 79.5 Å². The topological polar surface area (TPSA) is 64.5 Å². The Kier molecular flexibility index (Phi) is 16.2. The highest BCUT2D eigenvalue weighted by atomic mass is 35.5. The first kappa shape index (κ1) is 37.2. The molecule has 4 rings (SSSR count). The van der Waals surface area contributed by atoms with E-state index < -0.39 is 0 Å². The van der Waals surface area contributed by atoms with E-state index in [1.165, 1.54) is 5.69 Å². The smallest absolute Gasteiger partial charge is 0.162 e. The van der Waals surface area contributed by atoms with Crippen molar-refractivity contribution in [2.45, 2.75) is 33.9 Å². The third-order valence-corrected chi connectivity index (χ3v) is 8.21. The lowest BCUT2D eigenvalue weighted by Crippen LogP contribution is -2.47. The van der Waals surface area contributed by atoms with E-state index in [2.05, 4.69) is 44.5 Å². The van der Waals surface area contributed by atoms with Gasteiger partial charge in [0.2, 0.25) is 0 Å². The summed E-state index contributed by atoms with van der Waals surface area (Å²) in [6.45, 7) is 16.9. The van der Waals surface area contributed by atoms with E-state index in [1.807, 2.05) is 26.0 Å². The van der Waals surface area contributed by atoms with Gasteiger partial charge in [0.05, 0.1) is 45.2 Å². The van der Waals surface area contributed by atoms with Crippen LogP contribution in [0.1, 0.15) is 25.1 Å². The minimum absolute atomic E-state index is 0. The van der Waals surface area contributed by atoms with Gasteiger partial charge in [0.1, 0.15) is 0 Å². The normalized spacial score (nSPS) is 13.7. The predicted molar refractivity (Wildman–Crippen MR) is 180 cm³/mol. The Balaban J connectivity index is 0.00000323. The Hall–Kier alpha value is -1.98. The monoisotopic (exact) mass is 659 g/mol. The molecule has 3 aromatic rings. The number of nitrogens with zero attached hydrogens (tertiary/aromatic N) is 5. The summed E-state index contributed by atoms with van der Waals surface area (Å²) in [7, 11) is 3.35. The van der Waals surface area contributed by atoms with Gasteiger partial charge in [-0.15, -0.1) is 24.8 Å². The lowest BCUT2D eigenvalue weighted by atomic mass is 10.1. The molecule has 0 unspecified atom stereocenters. The largest absolute Gasteiger partial charge is 0.493 e. The fourth-order valence-electron chi connectivity index (χ4n) is 5.40. The van der Waals surface area contributed by atoms with Crippen molar-refractivity contribution in [1.29, 1.82) is 0 Å². The van der Waals surface area contributed by atoms with E-state index in [-0.39, 0.29) is 24.8 Å². The second kappa shape index (κ2) is 18.7. The molecule has 9 nitrogen and oxygen atoms in total. The molecule has 0 spiro atoms. The summed E-state index contributed by atoms with van der Waals surface area (Å²) in [6, 6.07) is 10.3. The maximum Gasteiger partial charge on any atom is 0.162 e. The van der Waals surface area contributed by atoms with Crippen LogP contribution in [0.4, 0.5) is 5.69 Å². The molecule has 0 radical (unpaired) electrons. The van der Waals surface area contributed by atoms with Crippen LogP contribution in [0.15, 0.2) is 30.3 Å². The van der Waals surface area contributed by atoms with Crippen molar-refractivity contribution >= 4 is 53.0 Å². The molecule has 0 saturated carbocycles. The quantitative estimate of drug-likeness (QED) is 0.185. The van der Waals surface area contributed by atoms with Gasteiger partial charge in [-0.1, -0.05) is 17.7 Å². The number of rotatable bonds is 16. The highest BCUT2D eigenvalue weighted by Gasteiger charge is 2.21. The summed E-state index contributed by atoms with van der Waals surface area (Å²) >= 11 is 6.39. The summed E-state index contributed by atoms with van der Waals surface area (Å²) in [4.78, 5) is 7.31. The number of anilines is 1. The number of hydrogen-bond donors (Lipinski definition) is 0.